The van der Waals surface area contributed by atoms with Crippen molar-refractivity contribution in [2.75, 3.05) is 6.54 Å². The predicted molar refractivity (Wildman–Crippen MR) is 181 cm³/mol. The monoisotopic (exact) mass is 699 g/mol. The van der Waals surface area contributed by atoms with E-state index in [4.69, 9.17) is 22.3 Å². The number of nitrogens with two attached hydrogens (primary N) is 3. The fourth-order valence-corrected chi connectivity index (χ4v) is 4.67. The zero-order chi connectivity index (χ0) is 38.0. The summed E-state index contributed by atoms with van der Waals surface area (Å²) in [5, 5.41) is 30.9. The van der Waals surface area contributed by atoms with Gasteiger partial charge >= 0.3 is 11.9 Å². The van der Waals surface area contributed by atoms with E-state index in [2.05, 4.69) is 31.6 Å². The summed E-state index contributed by atoms with van der Waals surface area (Å²) >= 11 is 0. The van der Waals surface area contributed by atoms with E-state index >= 15 is 0 Å². The molecule has 49 heavy (non-hydrogen) atoms. The van der Waals surface area contributed by atoms with Crippen LogP contribution < -0.4 is 43.8 Å². The second-order valence-corrected chi connectivity index (χ2v) is 13.4. The van der Waals surface area contributed by atoms with Gasteiger partial charge in [-0.1, -0.05) is 41.5 Å². The lowest BCUT2D eigenvalue weighted by molar-refractivity contribution is -0.147. The Hall–Kier alpha value is -4.48. The number of nitrogens with one attached hydrogen (secondary N) is 5. The molecule has 0 bridgehead atoms. The Balaban J connectivity index is 6.06. The highest BCUT2D eigenvalue weighted by Gasteiger charge is 2.33. The van der Waals surface area contributed by atoms with Crippen LogP contribution >= 0.6 is 0 Å². The number of carbonyl (C=O) groups is 7. The van der Waals surface area contributed by atoms with Crippen molar-refractivity contribution in [3.8, 4) is 0 Å². The third-order valence-electron chi connectivity index (χ3n) is 7.07. The van der Waals surface area contributed by atoms with Crippen LogP contribution in [0.15, 0.2) is 4.99 Å². The van der Waals surface area contributed by atoms with Gasteiger partial charge in [-0.15, -0.1) is 0 Å². The molecule has 13 N–H and O–H groups in total. The number of aliphatic carboxylic acids is 2. The van der Waals surface area contributed by atoms with Crippen LogP contribution in [0.5, 0.6) is 0 Å². The minimum Gasteiger partial charge on any atom is -0.481 e. The smallest absolute Gasteiger partial charge is 0.326 e. The van der Waals surface area contributed by atoms with Crippen molar-refractivity contribution < 1.29 is 43.8 Å². The average molecular weight is 700 g/mol. The zero-order valence-electron chi connectivity index (χ0n) is 29.6. The molecule has 0 aromatic rings. The molecule has 0 aliphatic rings. The van der Waals surface area contributed by atoms with E-state index in [0.29, 0.717) is 6.42 Å². The van der Waals surface area contributed by atoms with Gasteiger partial charge in [0.2, 0.25) is 29.5 Å². The van der Waals surface area contributed by atoms with E-state index in [1.807, 2.05) is 13.8 Å². The van der Waals surface area contributed by atoms with Crippen molar-refractivity contribution in [1.82, 2.24) is 26.6 Å². The first-order valence-electron chi connectivity index (χ1n) is 16.4. The van der Waals surface area contributed by atoms with E-state index < -0.39 is 84.1 Å². The zero-order valence-corrected chi connectivity index (χ0v) is 29.6. The van der Waals surface area contributed by atoms with Crippen molar-refractivity contribution in [3.05, 3.63) is 0 Å². The highest BCUT2D eigenvalue weighted by molar-refractivity contribution is 5.96. The summed E-state index contributed by atoms with van der Waals surface area (Å²) in [5.41, 5.74) is 16.7. The maximum Gasteiger partial charge on any atom is 0.326 e. The van der Waals surface area contributed by atoms with Crippen molar-refractivity contribution in [2.24, 2.45) is 39.9 Å². The number of carbonyl (C=O) groups excluding carboxylic acids is 5. The molecule has 0 spiro atoms. The molecule has 0 rings (SSSR count). The highest BCUT2D eigenvalue weighted by Crippen LogP contribution is 2.11. The molecule has 280 valence electrons. The van der Waals surface area contributed by atoms with Crippen LogP contribution in [0.3, 0.4) is 0 Å². The van der Waals surface area contributed by atoms with Gasteiger partial charge in [0.15, 0.2) is 5.96 Å². The second-order valence-electron chi connectivity index (χ2n) is 13.4. The number of amides is 5. The lowest BCUT2D eigenvalue weighted by Gasteiger charge is -2.28. The molecule has 0 saturated heterocycles. The van der Waals surface area contributed by atoms with Crippen molar-refractivity contribution in [3.63, 3.8) is 0 Å². The van der Waals surface area contributed by atoms with E-state index in [0.717, 1.165) is 0 Å². The largest absolute Gasteiger partial charge is 0.481 e. The predicted octanol–water partition coefficient (Wildman–Crippen LogP) is -1.49. The summed E-state index contributed by atoms with van der Waals surface area (Å²) in [5.74, 6) is -6.89. The molecule has 18 nitrogen and oxygen atoms in total. The topological polar surface area (TPSA) is 311 Å². The van der Waals surface area contributed by atoms with Gasteiger partial charge in [0.25, 0.3) is 0 Å². The molecule has 0 aliphatic carbocycles. The summed E-state index contributed by atoms with van der Waals surface area (Å²) in [6, 6.07) is -7.25. The summed E-state index contributed by atoms with van der Waals surface area (Å²) in [6.07, 6.45) is 0.0359. The lowest BCUT2D eigenvalue weighted by Crippen LogP contribution is -2.59. The number of guanidine groups is 1. The summed E-state index contributed by atoms with van der Waals surface area (Å²) in [7, 11) is 0. The molecule has 0 aliphatic heterocycles. The highest BCUT2D eigenvalue weighted by atomic mass is 16.4. The first-order chi connectivity index (χ1) is 22.6. The summed E-state index contributed by atoms with van der Waals surface area (Å²) in [6.45, 7) is 12.5. The van der Waals surface area contributed by atoms with Crippen LogP contribution in [-0.4, -0.2) is 100 Å². The minimum atomic E-state index is -1.73. The molecule has 18 heteroatoms. The molecular formula is C31H57N9O9. The Morgan fingerprint density at radius 3 is 1.43 bits per heavy atom. The standard InChI is InChI=1S/C31H57N9O9/c1-15(2)11-19(32)26(44)36-18(7)25(43)37-20(9-8-10-35-31(33)34)27(45)38-21(12-16(3)4)28(46)39-22(13-17(5)6)29(47)40-23(30(48)49)14-24(41)42/h15-23H,8-14,32H2,1-7H3,(H,36,44)(H,37,43)(H,38,45)(H,39,46)(H,40,47)(H,41,42)(H,48,49)(H4,33,34,35)/t18-,19-,20-,21-,22-,23-/m0/s1. The summed E-state index contributed by atoms with van der Waals surface area (Å²) in [4.78, 5) is 92.3. The molecule has 0 fully saturated rings. The Kier molecular flexibility index (Phi) is 20.2. The van der Waals surface area contributed by atoms with Gasteiger partial charge in [-0.05, 0) is 56.8 Å². The SMILES string of the molecule is CC(C)C[C@H](NC(=O)[C@H](CC(C)C)NC(=O)[C@H](CCCN=C(N)N)NC(=O)[C@H](C)NC(=O)[C@@H](N)CC(C)C)C(=O)N[C@@H](CC(=O)O)C(=O)O. The van der Waals surface area contributed by atoms with Crippen LogP contribution in [0.2, 0.25) is 0 Å². The van der Waals surface area contributed by atoms with Crippen molar-refractivity contribution in [2.45, 2.75) is 123 Å². The fourth-order valence-electron chi connectivity index (χ4n) is 4.67. The number of carboxylic acid groups (broad SMARTS) is 2. The van der Waals surface area contributed by atoms with Crippen LogP contribution in [0.1, 0.15) is 87.0 Å². The van der Waals surface area contributed by atoms with E-state index in [9.17, 15) is 38.7 Å². The first-order valence-corrected chi connectivity index (χ1v) is 16.4. The van der Waals surface area contributed by atoms with Crippen LogP contribution in [0.4, 0.5) is 0 Å². The number of carboxylic acids is 2. The van der Waals surface area contributed by atoms with Crippen molar-refractivity contribution >= 4 is 47.4 Å². The molecule has 0 radical (unpaired) electrons. The number of hydrogen-bond donors (Lipinski definition) is 10. The molecule has 0 aromatic heterocycles. The molecule has 0 unspecified atom stereocenters. The molecule has 0 heterocycles. The second kappa shape index (κ2) is 22.2. The Morgan fingerprint density at radius 2 is 1.02 bits per heavy atom. The Morgan fingerprint density at radius 1 is 0.592 bits per heavy atom. The molecule has 5 amide bonds. The normalized spacial score (nSPS) is 14.8. The fraction of sp³-hybridized carbons (Fsp3) is 0.742. The number of aliphatic imine (C=N–C) groups is 1. The molecular weight excluding hydrogens is 642 g/mol. The Labute approximate surface area is 287 Å². The third-order valence-corrected chi connectivity index (χ3v) is 7.07. The van der Waals surface area contributed by atoms with E-state index in [-0.39, 0.29) is 55.9 Å². The maximum atomic E-state index is 13.6. The maximum absolute atomic E-state index is 13.6. The van der Waals surface area contributed by atoms with Gasteiger partial charge in [-0.2, -0.15) is 0 Å². The minimum absolute atomic E-state index is 0.0520. The van der Waals surface area contributed by atoms with Crippen molar-refractivity contribution in [1.29, 1.82) is 0 Å². The Bertz CT molecular complexity index is 1170. The molecule has 0 saturated carbocycles. The number of rotatable bonds is 23. The van der Waals surface area contributed by atoms with Crippen LogP contribution in [-0.2, 0) is 33.6 Å². The van der Waals surface area contributed by atoms with E-state index in [1.54, 1.807) is 27.7 Å². The van der Waals surface area contributed by atoms with Crippen LogP contribution in [0, 0.1) is 17.8 Å². The van der Waals surface area contributed by atoms with Gasteiger partial charge in [-0.25, -0.2) is 4.79 Å². The van der Waals surface area contributed by atoms with Gasteiger partial charge in [0.05, 0.1) is 12.5 Å². The molecule has 6 atom stereocenters. The lowest BCUT2D eigenvalue weighted by atomic mass is 9.99. The average Bonchev–Trinajstić information content (AvgIpc) is 2.95. The number of hydrogen-bond acceptors (Lipinski definition) is 9. The first kappa shape index (κ1) is 44.5. The molecule has 0 aromatic carbocycles. The van der Waals surface area contributed by atoms with Gasteiger partial charge in [0, 0.05) is 6.54 Å². The van der Waals surface area contributed by atoms with Gasteiger partial charge in [-0.3, -0.25) is 33.8 Å². The summed E-state index contributed by atoms with van der Waals surface area (Å²) < 4.78 is 0. The van der Waals surface area contributed by atoms with E-state index in [1.165, 1.54) is 6.92 Å². The quantitative estimate of drug-likeness (QED) is 0.0331. The third kappa shape index (κ3) is 19.2. The van der Waals surface area contributed by atoms with Gasteiger partial charge in [0.1, 0.15) is 30.2 Å². The number of nitrogens with zero attached hydrogens (tertiary/aromatic N) is 1. The van der Waals surface area contributed by atoms with Gasteiger partial charge < -0.3 is 54.0 Å². The van der Waals surface area contributed by atoms with Crippen LogP contribution in [0.25, 0.3) is 0 Å².